The Balaban J connectivity index is 2.23. The second kappa shape index (κ2) is 9.53. The summed E-state index contributed by atoms with van der Waals surface area (Å²) in [5, 5.41) is 12.8. The summed E-state index contributed by atoms with van der Waals surface area (Å²) < 4.78 is 34.4. The van der Waals surface area contributed by atoms with Crippen LogP contribution in [0, 0.1) is 11.8 Å². The van der Waals surface area contributed by atoms with Crippen LogP contribution in [0.2, 0.25) is 0 Å². The molecule has 154 valence electrons. The van der Waals surface area contributed by atoms with Gasteiger partial charge in [-0.05, 0) is 50.8 Å². The summed E-state index contributed by atoms with van der Waals surface area (Å²) in [6.45, 7) is 4.99. The molecule has 0 bridgehead atoms. The van der Waals surface area contributed by atoms with Gasteiger partial charge in [-0.15, -0.1) is 0 Å². The molecule has 0 heterocycles. The van der Waals surface area contributed by atoms with Crippen LogP contribution in [0.15, 0.2) is 60.7 Å². The van der Waals surface area contributed by atoms with Crippen molar-refractivity contribution in [3.05, 3.63) is 71.8 Å². The average Bonchev–Trinajstić information content (AvgIpc) is 2.65. The van der Waals surface area contributed by atoms with Gasteiger partial charge in [0.15, 0.2) is 0 Å². The minimum Gasteiger partial charge on any atom is -0.444 e. The highest BCUT2D eigenvalue weighted by Crippen LogP contribution is 2.23. The van der Waals surface area contributed by atoms with Crippen molar-refractivity contribution in [2.45, 2.75) is 50.9 Å². The van der Waals surface area contributed by atoms with Crippen molar-refractivity contribution in [2.75, 3.05) is 0 Å². The van der Waals surface area contributed by atoms with E-state index in [9.17, 15) is 18.7 Å². The molecular formula is C23H25F2NO3. The molecular weight excluding hydrogens is 376 g/mol. The van der Waals surface area contributed by atoms with Gasteiger partial charge in [-0.1, -0.05) is 54.5 Å². The summed E-state index contributed by atoms with van der Waals surface area (Å²) in [6, 6.07) is 15.7. The van der Waals surface area contributed by atoms with E-state index in [-0.39, 0.29) is 6.42 Å². The Labute approximate surface area is 169 Å². The van der Waals surface area contributed by atoms with E-state index in [0.29, 0.717) is 11.1 Å². The van der Waals surface area contributed by atoms with E-state index in [0.717, 1.165) is 0 Å². The number of aliphatic hydroxyl groups is 1. The third-order valence-electron chi connectivity index (χ3n) is 3.90. The lowest BCUT2D eigenvalue weighted by atomic mass is 9.97. The zero-order chi connectivity index (χ0) is 21.5. The van der Waals surface area contributed by atoms with Crippen molar-refractivity contribution in [3.63, 3.8) is 0 Å². The lowest BCUT2D eigenvalue weighted by Crippen LogP contribution is -2.53. The highest BCUT2D eigenvalue weighted by molar-refractivity contribution is 5.68. The summed E-state index contributed by atoms with van der Waals surface area (Å²) in [5.74, 6) is 0.464. The smallest absolute Gasteiger partial charge is 0.407 e. The van der Waals surface area contributed by atoms with E-state index in [4.69, 9.17) is 4.74 Å². The van der Waals surface area contributed by atoms with Gasteiger partial charge in [-0.2, -0.15) is 8.78 Å². The summed E-state index contributed by atoms with van der Waals surface area (Å²) in [4.78, 5) is 12.1. The Morgan fingerprint density at radius 1 is 1.07 bits per heavy atom. The number of aliphatic hydroxyl groups excluding tert-OH is 1. The monoisotopic (exact) mass is 401 g/mol. The summed E-state index contributed by atoms with van der Waals surface area (Å²) in [5.41, 5.74) is 0.278. The molecule has 6 heteroatoms. The molecule has 0 aliphatic carbocycles. The number of ether oxygens (including phenoxy) is 1. The van der Waals surface area contributed by atoms with Gasteiger partial charge in [0.25, 0.3) is 0 Å². The van der Waals surface area contributed by atoms with Gasteiger partial charge in [0.05, 0.1) is 6.04 Å². The summed E-state index contributed by atoms with van der Waals surface area (Å²) in [7, 11) is 0. The predicted octanol–water partition coefficient (Wildman–Crippen LogP) is 4.17. The highest BCUT2D eigenvalue weighted by Gasteiger charge is 2.43. The van der Waals surface area contributed by atoms with Gasteiger partial charge in [-0.25, -0.2) is 4.79 Å². The molecule has 2 N–H and O–H groups in total. The first-order chi connectivity index (χ1) is 13.6. The van der Waals surface area contributed by atoms with E-state index in [2.05, 4.69) is 11.2 Å². The minimum atomic E-state index is -3.75. The van der Waals surface area contributed by atoms with E-state index in [1.807, 2.05) is 5.92 Å². The fourth-order valence-electron chi connectivity index (χ4n) is 2.57. The van der Waals surface area contributed by atoms with Gasteiger partial charge in [0.1, 0.15) is 11.7 Å². The van der Waals surface area contributed by atoms with E-state index >= 15 is 0 Å². The molecule has 2 atom stereocenters. The first-order valence-corrected chi connectivity index (χ1v) is 9.24. The molecule has 29 heavy (non-hydrogen) atoms. The molecule has 0 aromatic heterocycles. The van der Waals surface area contributed by atoms with Crippen LogP contribution in [0.4, 0.5) is 13.6 Å². The van der Waals surface area contributed by atoms with Crippen LogP contribution in [-0.2, 0) is 11.2 Å². The van der Waals surface area contributed by atoms with Crippen LogP contribution in [0.25, 0.3) is 0 Å². The topological polar surface area (TPSA) is 58.6 Å². The fourth-order valence-corrected chi connectivity index (χ4v) is 2.57. The molecule has 0 saturated heterocycles. The van der Waals surface area contributed by atoms with Crippen LogP contribution in [0.1, 0.15) is 31.9 Å². The summed E-state index contributed by atoms with van der Waals surface area (Å²) in [6.07, 6.45) is -3.13. The molecule has 2 aromatic rings. The Kier molecular flexibility index (Phi) is 7.35. The van der Waals surface area contributed by atoms with Crippen molar-refractivity contribution in [1.82, 2.24) is 5.32 Å². The zero-order valence-electron chi connectivity index (χ0n) is 16.7. The van der Waals surface area contributed by atoms with Crippen molar-refractivity contribution in [3.8, 4) is 11.8 Å². The van der Waals surface area contributed by atoms with Gasteiger partial charge >= 0.3 is 12.0 Å². The van der Waals surface area contributed by atoms with Crippen molar-refractivity contribution < 1.29 is 23.4 Å². The maximum atomic E-state index is 14.6. The Morgan fingerprint density at radius 2 is 1.62 bits per heavy atom. The van der Waals surface area contributed by atoms with Crippen molar-refractivity contribution in [1.29, 1.82) is 0 Å². The molecule has 0 aliphatic heterocycles. The molecule has 0 spiro atoms. The normalized spacial score (nSPS) is 13.6. The molecule has 2 aromatic carbocycles. The Bertz CT molecular complexity index is 852. The molecule has 1 amide bonds. The molecule has 0 fully saturated rings. The minimum absolute atomic E-state index is 0.0101. The SMILES string of the molecule is CC(C)(C)OC(=O)N[C@@H](Cc1ccccc1)[C@H](O)C(F)(F)C#Cc1ccccc1. The van der Waals surface area contributed by atoms with Crippen LogP contribution in [-0.4, -0.2) is 34.9 Å². The molecule has 2 rings (SSSR count). The molecule has 4 nitrogen and oxygen atoms in total. The maximum Gasteiger partial charge on any atom is 0.407 e. The molecule has 0 radical (unpaired) electrons. The van der Waals surface area contributed by atoms with Crippen molar-refractivity contribution in [2.24, 2.45) is 0 Å². The number of carbonyl (C=O) groups is 1. The quantitative estimate of drug-likeness (QED) is 0.740. The first kappa shape index (κ1) is 22.4. The third kappa shape index (κ3) is 7.55. The summed E-state index contributed by atoms with van der Waals surface area (Å²) >= 11 is 0. The van der Waals surface area contributed by atoms with E-state index < -0.39 is 29.8 Å². The van der Waals surface area contributed by atoms with Crippen LogP contribution in [0.3, 0.4) is 0 Å². The number of alkyl carbamates (subject to hydrolysis) is 1. The van der Waals surface area contributed by atoms with E-state index in [1.54, 1.807) is 81.4 Å². The maximum absolute atomic E-state index is 14.6. The number of amides is 1. The number of benzene rings is 2. The third-order valence-corrected chi connectivity index (χ3v) is 3.90. The van der Waals surface area contributed by atoms with Gasteiger partial charge in [0, 0.05) is 5.56 Å². The van der Waals surface area contributed by atoms with Crippen LogP contribution in [0.5, 0.6) is 0 Å². The van der Waals surface area contributed by atoms with Crippen molar-refractivity contribution >= 4 is 6.09 Å². The van der Waals surface area contributed by atoms with Gasteiger partial charge in [0.2, 0.25) is 0 Å². The first-order valence-electron chi connectivity index (χ1n) is 9.24. The number of halogens is 2. The zero-order valence-corrected chi connectivity index (χ0v) is 16.7. The second-order valence-electron chi connectivity index (χ2n) is 7.63. The lowest BCUT2D eigenvalue weighted by Gasteiger charge is -2.29. The fraction of sp³-hybridized carbons (Fsp3) is 0.348. The number of alkyl halides is 2. The largest absolute Gasteiger partial charge is 0.444 e. The van der Waals surface area contributed by atoms with Gasteiger partial charge in [-0.3, -0.25) is 0 Å². The number of nitrogens with one attached hydrogen (secondary N) is 1. The second-order valence-corrected chi connectivity index (χ2v) is 7.63. The predicted molar refractivity (Wildman–Crippen MR) is 108 cm³/mol. The Hall–Kier alpha value is -2.91. The number of rotatable bonds is 5. The molecule has 0 unspecified atom stereocenters. The average molecular weight is 401 g/mol. The van der Waals surface area contributed by atoms with Gasteiger partial charge < -0.3 is 15.2 Å². The Morgan fingerprint density at radius 3 is 2.17 bits per heavy atom. The number of hydrogen-bond acceptors (Lipinski definition) is 3. The number of carbonyl (C=O) groups excluding carboxylic acids is 1. The van der Waals surface area contributed by atoms with E-state index in [1.165, 1.54) is 0 Å². The van der Waals surface area contributed by atoms with Crippen LogP contribution >= 0.6 is 0 Å². The highest BCUT2D eigenvalue weighted by atomic mass is 19.3. The standard InChI is InChI=1S/C23H25F2NO3/c1-22(2,3)29-21(28)26-19(16-18-12-8-5-9-13-18)20(27)23(24,25)15-14-17-10-6-4-7-11-17/h4-13,19-20,27H,16H2,1-3H3,(H,26,28)/t19-,20-/m0/s1. The lowest BCUT2D eigenvalue weighted by molar-refractivity contribution is -0.0784. The molecule has 0 saturated carbocycles. The molecule has 0 aliphatic rings. The van der Waals surface area contributed by atoms with Crippen LogP contribution < -0.4 is 5.32 Å². The number of hydrogen-bond donors (Lipinski definition) is 2.